The van der Waals surface area contributed by atoms with Gasteiger partial charge in [-0.05, 0) is 80.8 Å². The molecule has 0 atom stereocenters. The highest BCUT2D eigenvalue weighted by Crippen LogP contribution is 2.61. The van der Waals surface area contributed by atoms with E-state index in [-0.39, 0.29) is 23.8 Å². The van der Waals surface area contributed by atoms with Crippen LogP contribution in [0, 0.1) is 23.2 Å². The van der Waals surface area contributed by atoms with E-state index in [0.717, 1.165) is 17.8 Å². The lowest BCUT2D eigenvalue weighted by Gasteiger charge is -2.56. The van der Waals surface area contributed by atoms with Crippen LogP contribution in [0.4, 0.5) is 0 Å². The van der Waals surface area contributed by atoms with Crippen LogP contribution < -0.4 is 21.5 Å². The molecule has 4 bridgehead atoms. The highest BCUT2D eigenvalue weighted by Gasteiger charge is 2.51. The van der Waals surface area contributed by atoms with Gasteiger partial charge in [0.2, 0.25) is 5.91 Å². The molecule has 0 unspecified atom stereocenters. The number of nitrogens with one attached hydrogen (secondary N) is 4. The van der Waals surface area contributed by atoms with Gasteiger partial charge in [-0.15, -0.1) is 0 Å². The first-order valence-corrected chi connectivity index (χ1v) is 9.48. The fourth-order valence-corrected chi connectivity index (χ4v) is 5.66. The highest BCUT2D eigenvalue weighted by molar-refractivity contribution is 7.80. The Morgan fingerprint density at radius 3 is 2.08 bits per heavy atom. The summed E-state index contributed by atoms with van der Waals surface area (Å²) in [5.74, 6) is 2.21. The molecule has 4 rings (SSSR count). The minimum absolute atomic E-state index is 0.00126. The van der Waals surface area contributed by atoms with Crippen molar-refractivity contribution in [3.8, 4) is 0 Å². The third kappa shape index (κ3) is 4.18. The number of hydrogen-bond acceptors (Lipinski definition) is 3. The molecule has 24 heavy (non-hydrogen) atoms. The first-order chi connectivity index (χ1) is 11.5. The highest BCUT2D eigenvalue weighted by atomic mass is 32.1. The summed E-state index contributed by atoms with van der Waals surface area (Å²) in [6.45, 7) is 2.58. The third-order valence-corrected chi connectivity index (χ3v) is 6.05. The molecule has 0 aliphatic heterocycles. The van der Waals surface area contributed by atoms with Gasteiger partial charge in [-0.25, -0.2) is 0 Å². The Balaban J connectivity index is 1.40. The number of hydrogen-bond donors (Lipinski definition) is 4. The summed E-state index contributed by atoms with van der Waals surface area (Å²) in [5.41, 5.74) is 5.29. The zero-order valence-corrected chi connectivity index (χ0v) is 15.1. The van der Waals surface area contributed by atoms with Crippen LogP contribution >= 0.6 is 12.2 Å². The van der Waals surface area contributed by atoms with Crippen LogP contribution in [-0.4, -0.2) is 30.0 Å². The normalized spacial score (nSPS) is 33.0. The molecule has 4 N–H and O–H groups in total. The fraction of sp³-hybridized carbons (Fsp3) is 0.824. The zero-order chi connectivity index (χ0) is 17.2. The van der Waals surface area contributed by atoms with Gasteiger partial charge in [0.15, 0.2) is 5.11 Å². The SMILES string of the molecule is CCNC(=S)NNC(=O)CNC(=O)CC12CC3CC(CC(C3)C1)C2. The van der Waals surface area contributed by atoms with Gasteiger partial charge in [-0.2, -0.15) is 0 Å². The Kier molecular flexibility index (Phi) is 5.27. The Hall–Kier alpha value is -1.37. The van der Waals surface area contributed by atoms with Crippen molar-refractivity contribution in [3.63, 3.8) is 0 Å². The van der Waals surface area contributed by atoms with E-state index >= 15 is 0 Å². The second-order valence-corrected chi connectivity index (χ2v) is 8.31. The quantitative estimate of drug-likeness (QED) is 0.442. The third-order valence-electron chi connectivity index (χ3n) is 5.80. The molecule has 0 aromatic rings. The molecule has 0 aromatic heterocycles. The largest absolute Gasteiger partial charge is 0.362 e. The van der Waals surface area contributed by atoms with E-state index in [0.29, 0.717) is 18.1 Å². The van der Waals surface area contributed by atoms with Gasteiger partial charge >= 0.3 is 0 Å². The first kappa shape index (κ1) is 17.5. The van der Waals surface area contributed by atoms with Crippen molar-refractivity contribution < 1.29 is 9.59 Å². The van der Waals surface area contributed by atoms with Crippen LogP contribution in [0.3, 0.4) is 0 Å². The topological polar surface area (TPSA) is 82.3 Å². The fourth-order valence-electron chi connectivity index (χ4n) is 5.46. The molecule has 4 saturated carbocycles. The van der Waals surface area contributed by atoms with Gasteiger partial charge in [0.25, 0.3) is 5.91 Å². The minimum Gasteiger partial charge on any atom is -0.362 e. The molecule has 0 heterocycles. The lowest BCUT2D eigenvalue weighted by Crippen LogP contribution is -2.51. The molecule has 134 valence electrons. The Morgan fingerprint density at radius 1 is 0.958 bits per heavy atom. The molecule has 4 aliphatic rings. The van der Waals surface area contributed by atoms with Gasteiger partial charge in [-0.1, -0.05) is 0 Å². The van der Waals surface area contributed by atoms with Crippen LogP contribution in [0.5, 0.6) is 0 Å². The minimum atomic E-state index is -0.297. The van der Waals surface area contributed by atoms with Gasteiger partial charge in [-0.3, -0.25) is 20.4 Å². The van der Waals surface area contributed by atoms with Gasteiger partial charge in [0.05, 0.1) is 6.54 Å². The van der Waals surface area contributed by atoms with Crippen LogP contribution in [0.1, 0.15) is 51.9 Å². The molecule has 6 nitrogen and oxygen atoms in total. The predicted octanol–water partition coefficient (Wildman–Crippen LogP) is 1.22. The van der Waals surface area contributed by atoms with Crippen molar-refractivity contribution in [2.75, 3.05) is 13.1 Å². The van der Waals surface area contributed by atoms with Crippen molar-refractivity contribution in [2.24, 2.45) is 23.2 Å². The number of rotatable bonds is 5. The number of carbonyl (C=O) groups is 2. The molecule has 4 fully saturated rings. The van der Waals surface area contributed by atoms with E-state index < -0.39 is 0 Å². The molecule has 0 saturated heterocycles. The van der Waals surface area contributed by atoms with E-state index in [4.69, 9.17) is 12.2 Å². The number of carbonyl (C=O) groups excluding carboxylic acids is 2. The van der Waals surface area contributed by atoms with Crippen molar-refractivity contribution in [3.05, 3.63) is 0 Å². The molecular weight excluding hydrogens is 324 g/mol. The molecule has 0 spiro atoms. The predicted molar refractivity (Wildman–Crippen MR) is 95.8 cm³/mol. The summed E-state index contributed by atoms with van der Waals surface area (Å²) in [7, 11) is 0. The second-order valence-electron chi connectivity index (χ2n) is 7.90. The smallest absolute Gasteiger partial charge is 0.257 e. The van der Waals surface area contributed by atoms with Gasteiger partial charge in [0.1, 0.15) is 0 Å². The summed E-state index contributed by atoms with van der Waals surface area (Å²) in [6.07, 6.45) is 8.32. The summed E-state index contributed by atoms with van der Waals surface area (Å²) < 4.78 is 0. The maximum atomic E-state index is 12.3. The van der Waals surface area contributed by atoms with E-state index in [1.807, 2.05) is 6.92 Å². The van der Waals surface area contributed by atoms with Crippen LogP contribution in [0.15, 0.2) is 0 Å². The lowest BCUT2D eigenvalue weighted by atomic mass is 9.49. The van der Waals surface area contributed by atoms with Crippen LogP contribution in [0.2, 0.25) is 0 Å². The summed E-state index contributed by atoms with van der Waals surface area (Å²) in [5, 5.41) is 5.99. The summed E-state index contributed by atoms with van der Waals surface area (Å²) >= 11 is 4.95. The second kappa shape index (κ2) is 7.25. The Bertz CT molecular complexity index is 487. The molecule has 7 heteroatoms. The average Bonchev–Trinajstić information content (AvgIpc) is 2.49. The Labute approximate surface area is 148 Å². The Morgan fingerprint density at radius 2 is 1.54 bits per heavy atom. The molecule has 4 aliphatic carbocycles. The molecule has 2 amide bonds. The maximum absolute atomic E-state index is 12.3. The molecule has 0 aromatic carbocycles. The van der Waals surface area contributed by atoms with Crippen molar-refractivity contribution in [1.29, 1.82) is 0 Å². The first-order valence-electron chi connectivity index (χ1n) is 9.07. The molecular formula is C17H28N4O2S. The van der Waals surface area contributed by atoms with E-state index in [1.54, 1.807) is 0 Å². The standard InChI is InChI=1S/C17H28N4O2S/c1-2-18-16(24)21-20-15(23)10-19-14(22)9-17-6-11-3-12(7-17)5-13(4-11)8-17/h11-13H,2-10H2,1H3,(H,19,22)(H,20,23)(H2,18,21,24). The summed E-state index contributed by atoms with van der Waals surface area (Å²) in [4.78, 5) is 24.1. The van der Waals surface area contributed by atoms with Crippen molar-refractivity contribution in [2.45, 2.75) is 51.9 Å². The summed E-state index contributed by atoms with van der Waals surface area (Å²) in [6, 6.07) is 0. The zero-order valence-electron chi connectivity index (χ0n) is 14.3. The van der Waals surface area contributed by atoms with Gasteiger partial charge in [0, 0.05) is 13.0 Å². The van der Waals surface area contributed by atoms with Crippen LogP contribution in [0.25, 0.3) is 0 Å². The van der Waals surface area contributed by atoms with E-state index in [2.05, 4.69) is 21.5 Å². The maximum Gasteiger partial charge on any atom is 0.257 e. The van der Waals surface area contributed by atoms with E-state index in [9.17, 15) is 9.59 Å². The number of hydrazine groups is 1. The van der Waals surface area contributed by atoms with E-state index in [1.165, 1.54) is 38.5 Å². The van der Waals surface area contributed by atoms with Gasteiger partial charge < -0.3 is 10.6 Å². The average molecular weight is 353 g/mol. The monoisotopic (exact) mass is 352 g/mol. The van der Waals surface area contributed by atoms with Crippen molar-refractivity contribution in [1.82, 2.24) is 21.5 Å². The number of amides is 2. The lowest BCUT2D eigenvalue weighted by molar-refractivity contribution is -0.132. The van der Waals surface area contributed by atoms with Crippen molar-refractivity contribution >= 4 is 29.1 Å². The number of thiocarbonyl (C=S) groups is 1. The van der Waals surface area contributed by atoms with Crippen LogP contribution in [-0.2, 0) is 9.59 Å². The molecule has 0 radical (unpaired) electrons.